The number of hydrogen-bond donors (Lipinski definition) is 0. The van der Waals surface area contributed by atoms with Gasteiger partial charge in [0.15, 0.2) is 0 Å². The summed E-state index contributed by atoms with van der Waals surface area (Å²) in [6, 6.07) is 12.2. The van der Waals surface area contributed by atoms with E-state index in [0.717, 1.165) is 23.8 Å². The van der Waals surface area contributed by atoms with Crippen molar-refractivity contribution in [3.05, 3.63) is 64.7 Å². The highest BCUT2D eigenvalue weighted by atomic mass is 19.4. The maximum Gasteiger partial charge on any atom is 0.573 e. The van der Waals surface area contributed by atoms with Gasteiger partial charge in [0.2, 0.25) is 0 Å². The molecule has 2 aliphatic rings. The second kappa shape index (κ2) is 8.14. The molecule has 1 saturated carbocycles. The van der Waals surface area contributed by atoms with Gasteiger partial charge in [-0.05, 0) is 97.4 Å². The SMILES string of the molecule is CCC1CCC2c3ccc(C#Cc4ccc(OC(F)(F)F)cc4)cc3CCC2C1. The van der Waals surface area contributed by atoms with Crippen molar-refractivity contribution in [2.45, 2.75) is 57.7 Å². The van der Waals surface area contributed by atoms with E-state index in [1.54, 1.807) is 12.1 Å². The minimum absolute atomic E-state index is 0.232. The van der Waals surface area contributed by atoms with Crippen LogP contribution in [-0.4, -0.2) is 6.36 Å². The first-order valence-electron chi connectivity index (χ1n) is 10.4. The van der Waals surface area contributed by atoms with Crippen LogP contribution in [0.1, 0.15) is 67.2 Å². The van der Waals surface area contributed by atoms with Crippen molar-refractivity contribution < 1.29 is 17.9 Å². The predicted octanol–water partition coefficient (Wildman–Crippen LogP) is 6.84. The molecule has 0 spiro atoms. The average molecular weight is 398 g/mol. The Morgan fingerprint density at radius 2 is 1.69 bits per heavy atom. The summed E-state index contributed by atoms with van der Waals surface area (Å²) in [6.45, 7) is 2.31. The molecule has 3 unspecified atom stereocenters. The van der Waals surface area contributed by atoms with Crippen LogP contribution >= 0.6 is 0 Å². The Morgan fingerprint density at radius 1 is 0.966 bits per heavy atom. The van der Waals surface area contributed by atoms with E-state index in [2.05, 4.69) is 41.7 Å². The van der Waals surface area contributed by atoms with Crippen LogP contribution in [0.5, 0.6) is 5.75 Å². The van der Waals surface area contributed by atoms with Crippen LogP contribution in [0.25, 0.3) is 0 Å². The lowest BCUT2D eigenvalue weighted by molar-refractivity contribution is -0.274. The van der Waals surface area contributed by atoms with Crippen LogP contribution in [0.3, 0.4) is 0 Å². The molecule has 152 valence electrons. The minimum atomic E-state index is -4.68. The lowest BCUT2D eigenvalue weighted by Crippen LogP contribution is -2.27. The maximum absolute atomic E-state index is 12.2. The van der Waals surface area contributed by atoms with Crippen molar-refractivity contribution in [3.8, 4) is 17.6 Å². The summed E-state index contributed by atoms with van der Waals surface area (Å²) in [4.78, 5) is 0. The van der Waals surface area contributed by atoms with Gasteiger partial charge in [0.1, 0.15) is 5.75 Å². The first kappa shape index (κ1) is 19.9. The Hall–Kier alpha value is -2.41. The van der Waals surface area contributed by atoms with E-state index >= 15 is 0 Å². The molecule has 0 N–H and O–H groups in total. The number of hydrogen-bond acceptors (Lipinski definition) is 1. The van der Waals surface area contributed by atoms with E-state index in [-0.39, 0.29) is 5.75 Å². The van der Waals surface area contributed by atoms with Gasteiger partial charge in [-0.3, -0.25) is 0 Å². The quantitative estimate of drug-likeness (QED) is 0.503. The second-order valence-electron chi connectivity index (χ2n) is 8.23. The van der Waals surface area contributed by atoms with Crippen molar-refractivity contribution in [2.24, 2.45) is 11.8 Å². The first-order chi connectivity index (χ1) is 13.9. The van der Waals surface area contributed by atoms with E-state index in [1.807, 2.05) is 0 Å². The molecule has 0 heterocycles. The molecular formula is C25H25F3O. The Balaban J connectivity index is 1.47. The third kappa shape index (κ3) is 4.78. The smallest absolute Gasteiger partial charge is 0.406 e. The molecule has 2 aromatic carbocycles. The fourth-order valence-electron chi connectivity index (χ4n) is 4.95. The molecule has 0 aliphatic heterocycles. The van der Waals surface area contributed by atoms with Crippen LogP contribution in [0.2, 0.25) is 0 Å². The van der Waals surface area contributed by atoms with Crippen LogP contribution < -0.4 is 4.74 Å². The number of fused-ring (bicyclic) bond motifs is 3. The summed E-state index contributed by atoms with van der Waals surface area (Å²) >= 11 is 0. The Bertz CT molecular complexity index is 918. The summed E-state index contributed by atoms with van der Waals surface area (Å²) in [5.41, 5.74) is 4.55. The normalized spacial score (nSPS) is 23.4. The highest BCUT2D eigenvalue weighted by Crippen LogP contribution is 2.47. The number of alkyl halides is 3. The van der Waals surface area contributed by atoms with Crippen molar-refractivity contribution >= 4 is 0 Å². The predicted molar refractivity (Wildman–Crippen MR) is 108 cm³/mol. The van der Waals surface area contributed by atoms with Gasteiger partial charge in [-0.2, -0.15) is 0 Å². The molecule has 0 amide bonds. The summed E-state index contributed by atoms with van der Waals surface area (Å²) in [5, 5.41) is 0. The Morgan fingerprint density at radius 3 is 2.41 bits per heavy atom. The fraction of sp³-hybridized carbons (Fsp3) is 0.440. The lowest BCUT2D eigenvalue weighted by atomic mass is 9.65. The van der Waals surface area contributed by atoms with Gasteiger partial charge in [-0.25, -0.2) is 0 Å². The standard InChI is InChI=1S/C25H25F3O/c1-2-17-7-13-23-20(15-17)9-10-21-16-19(8-14-24(21)23)4-3-18-5-11-22(12-6-18)29-25(26,27)28/h5-6,8,11-12,14,16-17,20,23H,2,7,9-10,13,15H2,1H3. The van der Waals surface area contributed by atoms with E-state index in [4.69, 9.17) is 0 Å². The van der Waals surface area contributed by atoms with E-state index in [0.29, 0.717) is 11.5 Å². The van der Waals surface area contributed by atoms with Gasteiger partial charge in [0.25, 0.3) is 0 Å². The molecule has 0 aromatic heterocycles. The molecule has 3 atom stereocenters. The molecule has 4 rings (SSSR count). The third-order valence-electron chi connectivity index (χ3n) is 6.43. The largest absolute Gasteiger partial charge is 0.573 e. The van der Waals surface area contributed by atoms with Crippen molar-refractivity contribution in [2.75, 3.05) is 0 Å². The number of halogens is 3. The highest BCUT2D eigenvalue weighted by molar-refractivity contribution is 5.48. The minimum Gasteiger partial charge on any atom is -0.406 e. The summed E-state index contributed by atoms with van der Waals surface area (Å²) in [7, 11) is 0. The molecule has 1 fully saturated rings. The monoisotopic (exact) mass is 398 g/mol. The Kier molecular flexibility index (Phi) is 5.58. The zero-order chi connectivity index (χ0) is 20.4. The third-order valence-corrected chi connectivity index (χ3v) is 6.43. The summed E-state index contributed by atoms with van der Waals surface area (Å²) < 4.78 is 40.6. The molecular weight excluding hydrogens is 373 g/mol. The van der Waals surface area contributed by atoms with Crippen LogP contribution in [-0.2, 0) is 6.42 Å². The van der Waals surface area contributed by atoms with Gasteiger partial charge in [-0.1, -0.05) is 31.3 Å². The second-order valence-corrected chi connectivity index (χ2v) is 8.23. The summed E-state index contributed by atoms with van der Waals surface area (Å²) in [5.74, 6) is 8.39. The summed E-state index contributed by atoms with van der Waals surface area (Å²) in [6.07, 6.45) is 3.02. The molecule has 2 aliphatic carbocycles. The van der Waals surface area contributed by atoms with E-state index < -0.39 is 6.36 Å². The van der Waals surface area contributed by atoms with E-state index in [1.165, 1.54) is 55.4 Å². The fourth-order valence-corrected chi connectivity index (χ4v) is 4.95. The van der Waals surface area contributed by atoms with Crippen LogP contribution in [0, 0.1) is 23.7 Å². The molecule has 0 bridgehead atoms. The maximum atomic E-state index is 12.2. The van der Waals surface area contributed by atoms with Gasteiger partial charge < -0.3 is 4.74 Å². The van der Waals surface area contributed by atoms with Gasteiger partial charge in [-0.15, -0.1) is 13.2 Å². The van der Waals surface area contributed by atoms with Gasteiger partial charge in [0.05, 0.1) is 0 Å². The zero-order valence-electron chi connectivity index (χ0n) is 16.6. The van der Waals surface area contributed by atoms with E-state index in [9.17, 15) is 13.2 Å². The molecule has 2 aromatic rings. The Labute approximate surface area is 170 Å². The van der Waals surface area contributed by atoms with Crippen molar-refractivity contribution in [1.82, 2.24) is 0 Å². The molecule has 1 nitrogen and oxygen atoms in total. The molecule has 0 saturated heterocycles. The average Bonchev–Trinajstić information content (AvgIpc) is 2.71. The number of rotatable bonds is 2. The number of benzene rings is 2. The van der Waals surface area contributed by atoms with Crippen molar-refractivity contribution in [1.29, 1.82) is 0 Å². The van der Waals surface area contributed by atoms with Crippen molar-refractivity contribution in [3.63, 3.8) is 0 Å². The molecule has 4 heteroatoms. The number of ether oxygens (including phenoxy) is 1. The highest BCUT2D eigenvalue weighted by Gasteiger charge is 2.34. The van der Waals surface area contributed by atoms with Gasteiger partial charge in [0, 0.05) is 11.1 Å². The zero-order valence-corrected chi connectivity index (χ0v) is 16.6. The molecule has 29 heavy (non-hydrogen) atoms. The molecule has 0 radical (unpaired) electrons. The van der Waals surface area contributed by atoms with Crippen LogP contribution in [0.4, 0.5) is 13.2 Å². The van der Waals surface area contributed by atoms with Crippen LogP contribution in [0.15, 0.2) is 42.5 Å². The number of aryl methyl sites for hydroxylation is 1. The van der Waals surface area contributed by atoms with Gasteiger partial charge >= 0.3 is 6.36 Å². The lowest BCUT2D eigenvalue weighted by Gasteiger charge is -2.40. The topological polar surface area (TPSA) is 9.23 Å². The first-order valence-corrected chi connectivity index (χ1v) is 10.4.